The lowest BCUT2D eigenvalue weighted by Gasteiger charge is -2.24. The number of aliphatic carboxylic acids is 1. The highest BCUT2D eigenvalue weighted by Gasteiger charge is 2.26. The van der Waals surface area contributed by atoms with Gasteiger partial charge < -0.3 is 20.5 Å². The van der Waals surface area contributed by atoms with E-state index in [1.807, 2.05) is 30.3 Å². The first-order valence-corrected chi connectivity index (χ1v) is 8.15. The van der Waals surface area contributed by atoms with E-state index in [1.165, 1.54) is 6.92 Å². The summed E-state index contributed by atoms with van der Waals surface area (Å²) in [5.41, 5.74) is 0.316. The van der Waals surface area contributed by atoms with E-state index in [-0.39, 0.29) is 0 Å². The number of carboxylic acid groups (broad SMARTS) is 1. The number of hydrogen-bond donors (Lipinski definition) is 3. The van der Waals surface area contributed by atoms with Gasteiger partial charge in [0.15, 0.2) is 0 Å². The molecule has 0 spiro atoms. The molecule has 2 amide bonds. The zero-order valence-electron chi connectivity index (χ0n) is 15.0. The average Bonchev–Trinajstić information content (AvgIpc) is 2.50. The fourth-order valence-electron chi connectivity index (χ4n) is 2.05. The summed E-state index contributed by atoms with van der Waals surface area (Å²) >= 11 is 0. The summed E-state index contributed by atoms with van der Waals surface area (Å²) in [4.78, 5) is 35.2. The van der Waals surface area contributed by atoms with E-state index in [0.29, 0.717) is 12.8 Å². The molecule has 1 aromatic carbocycles. The molecule has 25 heavy (non-hydrogen) atoms. The number of ether oxygens (including phenoxy) is 1. The minimum absolute atomic E-state index is 0.321. The minimum Gasteiger partial charge on any atom is -0.480 e. The van der Waals surface area contributed by atoms with Gasteiger partial charge in [-0.15, -0.1) is 0 Å². The zero-order valence-corrected chi connectivity index (χ0v) is 15.0. The third-order valence-electron chi connectivity index (χ3n) is 3.30. The van der Waals surface area contributed by atoms with E-state index in [9.17, 15) is 14.4 Å². The van der Waals surface area contributed by atoms with Crippen molar-refractivity contribution >= 4 is 18.0 Å². The fourth-order valence-corrected chi connectivity index (χ4v) is 2.05. The Balaban J connectivity index is 2.76. The van der Waals surface area contributed by atoms with Gasteiger partial charge in [0.05, 0.1) is 0 Å². The summed E-state index contributed by atoms with van der Waals surface area (Å²) in [7, 11) is 0. The SMILES string of the molecule is C[C@H](NC(=O)[C@@H](CCc1ccccc1)NC(=O)OC(C)(C)C)C(=O)O. The Morgan fingerprint density at radius 1 is 1.12 bits per heavy atom. The number of aryl methyl sites for hydroxylation is 1. The van der Waals surface area contributed by atoms with Crippen LogP contribution in [-0.4, -0.2) is 40.8 Å². The lowest BCUT2D eigenvalue weighted by atomic mass is 10.0. The molecule has 7 heteroatoms. The summed E-state index contributed by atoms with van der Waals surface area (Å²) in [6.45, 7) is 6.52. The number of hydrogen-bond acceptors (Lipinski definition) is 4. The lowest BCUT2D eigenvalue weighted by Crippen LogP contribution is -2.51. The molecule has 0 unspecified atom stereocenters. The van der Waals surface area contributed by atoms with Gasteiger partial charge >= 0.3 is 12.1 Å². The highest BCUT2D eigenvalue weighted by atomic mass is 16.6. The maximum atomic E-state index is 12.3. The molecule has 0 aliphatic rings. The lowest BCUT2D eigenvalue weighted by molar-refractivity contribution is -0.141. The van der Waals surface area contributed by atoms with E-state index in [0.717, 1.165) is 5.56 Å². The Hall–Kier alpha value is -2.57. The molecule has 138 valence electrons. The van der Waals surface area contributed by atoms with E-state index in [4.69, 9.17) is 9.84 Å². The Bertz CT molecular complexity index is 595. The van der Waals surface area contributed by atoms with Gasteiger partial charge in [0.1, 0.15) is 17.7 Å². The minimum atomic E-state index is -1.15. The van der Waals surface area contributed by atoms with Crippen molar-refractivity contribution in [2.24, 2.45) is 0 Å². The predicted molar refractivity (Wildman–Crippen MR) is 93.2 cm³/mol. The molecule has 7 nitrogen and oxygen atoms in total. The Morgan fingerprint density at radius 3 is 2.24 bits per heavy atom. The van der Waals surface area contributed by atoms with Crippen LogP contribution in [0.15, 0.2) is 30.3 Å². The largest absolute Gasteiger partial charge is 0.480 e. The number of amides is 2. The van der Waals surface area contributed by atoms with E-state index >= 15 is 0 Å². The van der Waals surface area contributed by atoms with Crippen molar-refractivity contribution in [1.82, 2.24) is 10.6 Å². The second-order valence-corrected chi connectivity index (χ2v) is 6.79. The number of carbonyl (C=O) groups excluding carboxylic acids is 2. The topological polar surface area (TPSA) is 105 Å². The van der Waals surface area contributed by atoms with Gasteiger partial charge in [-0.3, -0.25) is 9.59 Å². The second kappa shape index (κ2) is 9.05. The molecule has 3 N–H and O–H groups in total. The molecule has 0 heterocycles. The number of alkyl carbamates (subject to hydrolysis) is 1. The van der Waals surface area contributed by atoms with Gasteiger partial charge in [0.25, 0.3) is 0 Å². The number of rotatable bonds is 7. The van der Waals surface area contributed by atoms with Crippen molar-refractivity contribution in [1.29, 1.82) is 0 Å². The molecule has 0 aliphatic heterocycles. The summed E-state index contributed by atoms with van der Waals surface area (Å²) in [5.74, 6) is -1.70. The van der Waals surface area contributed by atoms with Crippen LogP contribution in [0.3, 0.4) is 0 Å². The standard InChI is InChI=1S/C18H26N2O5/c1-12(16(22)23)19-15(21)14(20-17(24)25-18(2,3)4)11-10-13-8-6-5-7-9-13/h5-9,12,14H,10-11H2,1-4H3,(H,19,21)(H,20,24)(H,22,23)/t12-,14+/m0/s1. The molecular weight excluding hydrogens is 324 g/mol. The van der Waals surface area contributed by atoms with Crippen LogP contribution in [0.2, 0.25) is 0 Å². The third-order valence-corrected chi connectivity index (χ3v) is 3.30. The highest BCUT2D eigenvalue weighted by Crippen LogP contribution is 2.09. The summed E-state index contributed by atoms with van der Waals surface area (Å²) in [6.07, 6.45) is 0.154. The second-order valence-electron chi connectivity index (χ2n) is 6.79. The van der Waals surface area contributed by atoms with Crippen LogP contribution in [0, 0.1) is 0 Å². The fraction of sp³-hybridized carbons (Fsp3) is 0.500. The molecule has 0 saturated heterocycles. The van der Waals surface area contributed by atoms with Crippen LogP contribution in [0.1, 0.15) is 39.7 Å². The summed E-state index contributed by atoms with van der Waals surface area (Å²) in [5, 5.41) is 13.8. The van der Waals surface area contributed by atoms with Gasteiger partial charge in [-0.05, 0) is 46.1 Å². The Kier molecular flexibility index (Phi) is 7.42. The normalized spacial score (nSPS) is 13.4. The number of benzene rings is 1. The van der Waals surface area contributed by atoms with Crippen LogP contribution in [0.25, 0.3) is 0 Å². The first-order valence-electron chi connectivity index (χ1n) is 8.15. The van der Waals surface area contributed by atoms with Crippen LogP contribution in [0.5, 0.6) is 0 Å². The number of nitrogens with one attached hydrogen (secondary N) is 2. The first kappa shape index (κ1) is 20.5. The molecule has 0 bridgehead atoms. The van der Waals surface area contributed by atoms with Crippen LogP contribution in [-0.2, 0) is 20.7 Å². The maximum absolute atomic E-state index is 12.3. The molecule has 0 radical (unpaired) electrons. The van der Waals surface area contributed by atoms with E-state index in [1.54, 1.807) is 20.8 Å². The van der Waals surface area contributed by atoms with Crippen molar-refractivity contribution in [3.05, 3.63) is 35.9 Å². The van der Waals surface area contributed by atoms with Gasteiger partial charge in [-0.1, -0.05) is 30.3 Å². The van der Waals surface area contributed by atoms with E-state index < -0.39 is 35.7 Å². The van der Waals surface area contributed by atoms with Gasteiger partial charge in [0.2, 0.25) is 5.91 Å². The Labute approximate surface area is 147 Å². The van der Waals surface area contributed by atoms with Crippen molar-refractivity contribution < 1.29 is 24.2 Å². The zero-order chi connectivity index (χ0) is 19.0. The van der Waals surface area contributed by atoms with Gasteiger partial charge in [0, 0.05) is 0 Å². The summed E-state index contributed by atoms with van der Waals surface area (Å²) in [6, 6.07) is 7.56. The molecule has 1 aromatic rings. The number of carbonyl (C=O) groups is 3. The van der Waals surface area contributed by atoms with Crippen molar-refractivity contribution in [2.45, 2.75) is 58.2 Å². The molecule has 2 atom stereocenters. The van der Waals surface area contributed by atoms with Crippen LogP contribution >= 0.6 is 0 Å². The quantitative estimate of drug-likeness (QED) is 0.698. The molecule has 0 aromatic heterocycles. The molecular formula is C18H26N2O5. The van der Waals surface area contributed by atoms with Crippen molar-refractivity contribution in [2.75, 3.05) is 0 Å². The van der Waals surface area contributed by atoms with Crippen molar-refractivity contribution in [3.63, 3.8) is 0 Å². The van der Waals surface area contributed by atoms with Crippen molar-refractivity contribution in [3.8, 4) is 0 Å². The maximum Gasteiger partial charge on any atom is 0.408 e. The molecule has 0 fully saturated rings. The van der Waals surface area contributed by atoms with Gasteiger partial charge in [-0.2, -0.15) is 0 Å². The van der Waals surface area contributed by atoms with Crippen LogP contribution in [0.4, 0.5) is 4.79 Å². The van der Waals surface area contributed by atoms with E-state index in [2.05, 4.69) is 10.6 Å². The monoisotopic (exact) mass is 350 g/mol. The molecule has 1 rings (SSSR count). The van der Waals surface area contributed by atoms with Gasteiger partial charge in [-0.25, -0.2) is 4.79 Å². The summed E-state index contributed by atoms with van der Waals surface area (Å²) < 4.78 is 5.18. The average molecular weight is 350 g/mol. The first-order chi connectivity index (χ1) is 11.6. The smallest absolute Gasteiger partial charge is 0.408 e. The predicted octanol–water partition coefficient (Wildman–Crippen LogP) is 2.10. The van der Waals surface area contributed by atoms with Crippen LogP contribution < -0.4 is 10.6 Å². The molecule has 0 aliphatic carbocycles. The third kappa shape index (κ3) is 8.19. The Morgan fingerprint density at radius 2 is 1.72 bits per heavy atom. The number of carboxylic acids is 1. The molecule has 0 saturated carbocycles. The highest BCUT2D eigenvalue weighted by molar-refractivity contribution is 5.89.